The fraction of sp³-hybridized carbons (Fsp3) is 0.200. The number of halogens is 2. The number of carboxylic acid groups (broad SMARTS) is 1. The molecule has 0 aliphatic heterocycles. The van der Waals surface area contributed by atoms with Crippen molar-refractivity contribution in [1.82, 2.24) is 5.32 Å². The predicted molar refractivity (Wildman–Crippen MR) is 60.8 cm³/mol. The molecule has 1 aromatic rings. The molecular weight excluding hydrogens is 253 g/mol. The number of aliphatic carboxylic acids is 1. The summed E-state index contributed by atoms with van der Waals surface area (Å²) in [6, 6.07) is 3.93. The molecule has 0 radical (unpaired) electrons. The number of hydrogen-bond acceptors (Lipinski definition) is 2. The third-order valence-corrected chi connectivity index (χ3v) is 2.88. The largest absolute Gasteiger partial charge is 0.480 e. The third kappa shape index (κ3) is 3.12. The third-order valence-electron chi connectivity index (χ3n) is 2.02. The summed E-state index contributed by atoms with van der Waals surface area (Å²) in [7, 11) is 0. The van der Waals surface area contributed by atoms with E-state index in [1.165, 1.54) is 0 Å². The van der Waals surface area contributed by atoms with E-state index in [-0.39, 0.29) is 6.42 Å². The summed E-state index contributed by atoms with van der Waals surface area (Å²) in [6.07, 6.45) is 0.435. The van der Waals surface area contributed by atoms with Crippen molar-refractivity contribution >= 4 is 35.6 Å². The molecule has 0 bridgehead atoms. The van der Waals surface area contributed by atoms with Crippen molar-refractivity contribution < 1.29 is 14.7 Å². The van der Waals surface area contributed by atoms with Gasteiger partial charge in [-0.05, 0) is 11.6 Å². The van der Waals surface area contributed by atoms with Crippen LogP contribution in [0, 0.1) is 0 Å². The highest BCUT2D eigenvalue weighted by molar-refractivity contribution is 6.42. The van der Waals surface area contributed by atoms with E-state index >= 15 is 0 Å². The molecule has 1 rings (SSSR count). The maximum Gasteiger partial charge on any atom is 0.326 e. The van der Waals surface area contributed by atoms with Gasteiger partial charge >= 0.3 is 5.97 Å². The van der Waals surface area contributed by atoms with Crippen LogP contribution in [0.1, 0.15) is 5.56 Å². The highest BCUT2D eigenvalue weighted by Crippen LogP contribution is 2.26. The molecule has 0 spiro atoms. The quantitative estimate of drug-likeness (QED) is 0.794. The van der Waals surface area contributed by atoms with E-state index in [0.717, 1.165) is 0 Å². The van der Waals surface area contributed by atoms with Crippen LogP contribution in [-0.2, 0) is 16.0 Å². The first-order valence-electron chi connectivity index (χ1n) is 4.41. The van der Waals surface area contributed by atoms with E-state index in [2.05, 4.69) is 5.32 Å². The summed E-state index contributed by atoms with van der Waals surface area (Å²) in [4.78, 5) is 21.0. The van der Waals surface area contributed by atoms with Crippen LogP contribution in [0.4, 0.5) is 0 Å². The van der Waals surface area contributed by atoms with Crippen molar-refractivity contribution in [2.24, 2.45) is 0 Å². The Labute approximate surface area is 102 Å². The molecule has 0 aliphatic carbocycles. The number of carbonyl (C=O) groups excluding carboxylic acids is 1. The molecule has 1 amide bonds. The number of rotatable bonds is 5. The van der Waals surface area contributed by atoms with Crippen molar-refractivity contribution in [2.75, 3.05) is 0 Å². The van der Waals surface area contributed by atoms with Gasteiger partial charge in [0, 0.05) is 6.42 Å². The Morgan fingerprint density at radius 2 is 2.19 bits per heavy atom. The molecule has 2 N–H and O–H groups in total. The summed E-state index contributed by atoms with van der Waals surface area (Å²) in [5.41, 5.74) is 0.580. The first kappa shape index (κ1) is 12.8. The standard InChI is InChI=1S/C10H9Cl2NO3/c11-7-3-1-2-6(9(7)12)4-8(10(15)16)13-5-14/h1-3,5,8H,4H2,(H,13,14)(H,15,16). The molecule has 6 heteroatoms. The minimum absolute atomic E-state index is 0.0907. The van der Waals surface area contributed by atoms with Crippen LogP contribution in [0.3, 0.4) is 0 Å². The average molecular weight is 262 g/mol. The van der Waals surface area contributed by atoms with Gasteiger partial charge in [-0.1, -0.05) is 35.3 Å². The molecule has 1 atom stereocenters. The molecule has 86 valence electrons. The van der Waals surface area contributed by atoms with E-state index in [9.17, 15) is 9.59 Å². The molecule has 0 fully saturated rings. The Bertz CT molecular complexity index is 409. The fourth-order valence-electron chi connectivity index (χ4n) is 1.23. The normalized spacial score (nSPS) is 11.9. The van der Waals surface area contributed by atoms with Gasteiger partial charge in [0.25, 0.3) is 0 Å². The highest BCUT2D eigenvalue weighted by atomic mass is 35.5. The lowest BCUT2D eigenvalue weighted by molar-refractivity contribution is -0.140. The Hall–Kier alpha value is -1.26. The lowest BCUT2D eigenvalue weighted by atomic mass is 10.1. The minimum atomic E-state index is -1.12. The van der Waals surface area contributed by atoms with Crippen molar-refractivity contribution in [1.29, 1.82) is 0 Å². The molecule has 0 saturated heterocycles. The zero-order valence-electron chi connectivity index (χ0n) is 8.11. The summed E-state index contributed by atoms with van der Waals surface area (Å²) in [5, 5.41) is 11.7. The van der Waals surface area contributed by atoms with Crippen molar-refractivity contribution in [3.8, 4) is 0 Å². The van der Waals surface area contributed by atoms with Gasteiger partial charge in [0.2, 0.25) is 6.41 Å². The van der Waals surface area contributed by atoms with Gasteiger partial charge in [-0.3, -0.25) is 4.79 Å². The zero-order chi connectivity index (χ0) is 12.1. The second-order valence-corrected chi connectivity index (χ2v) is 3.88. The van der Waals surface area contributed by atoms with Gasteiger partial charge in [0.15, 0.2) is 0 Å². The van der Waals surface area contributed by atoms with Crippen molar-refractivity contribution in [2.45, 2.75) is 12.5 Å². The molecule has 1 aromatic carbocycles. The topological polar surface area (TPSA) is 66.4 Å². The van der Waals surface area contributed by atoms with E-state index in [4.69, 9.17) is 28.3 Å². The Balaban J connectivity index is 2.89. The highest BCUT2D eigenvalue weighted by Gasteiger charge is 2.18. The van der Waals surface area contributed by atoms with Gasteiger partial charge in [-0.25, -0.2) is 4.79 Å². The number of nitrogens with one attached hydrogen (secondary N) is 1. The van der Waals surface area contributed by atoms with Gasteiger partial charge in [-0.15, -0.1) is 0 Å². The predicted octanol–water partition coefficient (Wildman–Crippen LogP) is 1.74. The van der Waals surface area contributed by atoms with Crippen LogP contribution in [0.15, 0.2) is 18.2 Å². The number of benzene rings is 1. The molecule has 0 heterocycles. The lowest BCUT2D eigenvalue weighted by Crippen LogP contribution is -2.37. The van der Waals surface area contributed by atoms with E-state index in [0.29, 0.717) is 22.0 Å². The lowest BCUT2D eigenvalue weighted by Gasteiger charge is -2.12. The van der Waals surface area contributed by atoms with E-state index in [1.54, 1.807) is 18.2 Å². The maximum atomic E-state index is 10.8. The summed E-state index contributed by atoms with van der Waals surface area (Å²) in [6.45, 7) is 0. The fourth-order valence-corrected chi connectivity index (χ4v) is 1.62. The molecule has 4 nitrogen and oxygen atoms in total. The van der Waals surface area contributed by atoms with Crippen LogP contribution in [0.25, 0.3) is 0 Å². The van der Waals surface area contributed by atoms with Crippen LogP contribution in [-0.4, -0.2) is 23.5 Å². The van der Waals surface area contributed by atoms with Crippen molar-refractivity contribution in [3.63, 3.8) is 0 Å². The van der Waals surface area contributed by atoms with E-state index in [1.807, 2.05) is 0 Å². The summed E-state index contributed by atoms with van der Waals surface area (Å²) >= 11 is 11.7. The summed E-state index contributed by atoms with van der Waals surface area (Å²) < 4.78 is 0. The maximum absolute atomic E-state index is 10.8. The van der Waals surface area contributed by atoms with Gasteiger partial charge in [-0.2, -0.15) is 0 Å². The number of hydrogen-bond donors (Lipinski definition) is 2. The zero-order valence-corrected chi connectivity index (χ0v) is 9.63. The second kappa shape index (κ2) is 5.72. The van der Waals surface area contributed by atoms with Gasteiger partial charge in [0.05, 0.1) is 10.0 Å². The molecule has 16 heavy (non-hydrogen) atoms. The second-order valence-electron chi connectivity index (χ2n) is 3.09. The van der Waals surface area contributed by atoms with Gasteiger partial charge in [0.1, 0.15) is 6.04 Å². The minimum Gasteiger partial charge on any atom is -0.480 e. The SMILES string of the molecule is O=CNC(Cc1cccc(Cl)c1Cl)C(=O)O. The monoisotopic (exact) mass is 261 g/mol. The first-order chi connectivity index (χ1) is 7.56. The molecule has 0 aliphatic rings. The number of amides is 1. The van der Waals surface area contributed by atoms with Crippen LogP contribution >= 0.6 is 23.2 Å². The van der Waals surface area contributed by atoms with Crippen LogP contribution in [0.2, 0.25) is 10.0 Å². The number of carboxylic acids is 1. The molecule has 0 saturated carbocycles. The molecule has 0 aromatic heterocycles. The van der Waals surface area contributed by atoms with Crippen LogP contribution in [0.5, 0.6) is 0 Å². The first-order valence-corrected chi connectivity index (χ1v) is 5.17. The van der Waals surface area contributed by atoms with Gasteiger partial charge < -0.3 is 10.4 Å². The smallest absolute Gasteiger partial charge is 0.326 e. The average Bonchev–Trinajstić information content (AvgIpc) is 2.23. The molecular formula is C10H9Cl2NO3. The molecule has 1 unspecified atom stereocenters. The Morgan fingerprint density at radius 1 is 1.50 bits per heavy atom. The van der Waals surface area contributed by atoms with Crippen molar-refractivity contribution in [3.05, 3.63) is 33.8 Å². The summed E-state index contributed by atoms with van der Waals surface area (Å²) in [5.74, 6) is -1.12. The number of carbonyl (C=O) groups is 2. The van der Waals surface area contributed by atoms with E-state index < -0.39 is 12.0 Å². The Morgan fingerprint density at radius 3 is 2.75 bits per heavy atom. The van der Waals surface area contributed by atoms with Crippen LogP contribution < -0.4 is 5.32 Å². The Kier molecular flexibility index (Phi) is 4.58.